The van der Waals surface area contributed by atoms with E-state index in [0.717, 1.165) is 23.7 Å². The van der Waals surface area contributed by atoms with Gasteiger partial charge in [0.1, 0.15) is 0 Å². The topological polar surface area (TPSA) is 79.2 Å². The molecule has 126 valence electrons. The molecular formula is C17H26N4O2. The van der Waals surface area contributed by atoms with Crippen LogP contribution in [0.5, 0.6) is 0 Å². The molecule has 0 aliphatic heterocycles. The summed E-state index contributed by atoms with van der Waals surface area (Å²) in [6.07, 6.45) is 3.58. The van der Waals surface area contributed by atoms with E-state index in [9.17, 15) is 9.90 Å². The monoisotopic (exact) mass is 318 g/mol. The summed E-state index contributed by atoms with van der Waals surface area (Å²) < 4.78 is 1.90. The van der Waals surface area contributed by atoms with Gasteiger partial charge in [0, 0.05) is 23.3 Å². The van der Waals surface area contributed by atoms with Gasteiger partial charge in [-0.05, 0) is 45.4 Å². The zero-order valence-corrected chi connectivity index (χ0v) is 14.3. The van der Waals surface area contributed by atoms with Crippen molar-refractivity contribution in [3.8, 4) is 0 Å². The quantitative estimate of drug-likeness (QED) is 0.764. The van der Waals surface area contributed by atoms with Crippen molar-refractivity contribution in [3.63, 3.8) is 0 Å². The summed E-state index contributed by atoms with van der Waals surface area (Å²) in [5.41, 5.74) is 0.997. The number of carbonyl (C=O) groups is 1. The fourth-order valence-electron chi connectivity index (χ4n) is 2.56. The van der Waals surface area contributed by atoms with Gasteiger partial charge in [-0.2, -0.15) is 5.10 Å². The van der Waals surface area contributed by atoms with Crippen LogP contribution in [0, 0.1) is 0 Å². The molecule has 0 saturated carbocycles. The van der Waals surface area contributed by atoms with Crippen LogP contribution in [0.15, 0.2) is 24.4 Å². The second-order valence-electron chi connectivity index (χ2n) is 6.52. The standard InChI is InChI=1S/C17H26N4O2/c1-5-8-17(4,11-22)19-16(23)18-14-6-7-15-13(9-14)10-21(20-15)12(2)3/h6-7,9-10,12,22H,5,8,11H2,1-4H3,(H2,18,19,23). The molecule has 1 atom stereocenters. The number of rotatable bonds is 6. The van der Waals surface area contributed by atoms with E-state index in [1.165, 1.54) is 0 Å². The molecule has 1 aromatic carbocycles. The molecule has 6 nitrogen and oxygen atoms in total. The third-order valence-electron chi connectivity index (χ3n) is 3.88. The third-order valence-corrected chi connectivity index (χ3v) is 3.88. The summed E-state index contributed by atoms with van der Waals surface area (Å²) >= 11 is 0. The van der Waals surface area contributed by atoms with Gasteiger partial charge < -0.3 is 15.7 Å². The number of hydrogen-bond donors (Lipinski definition) is 3. The van der Waals surface area contributed by atoms with Crippen molar-refractivity contribution in [2.24, 2.45) is 0 Å². The van der Waals surface area contributed by atoms with Crippen LogP contribution in [0.1, 0.15) is 46.6 Å². The zero-order chi connectivity index (χ0) is 17.0. The maximum absolute atomic E-state index is 12.2. The summed E-state index contributed by atoms with van der Waals surface area (Å²) in [6, 6.07) is 5.60. The lowest BCUT2D eigenvalue weighted by Gasteiger charge is -2.28. The van der Waals surface area contributed by atoms with Gasteiger partial charge in [0.05, 0.1) is 17.7 Å². The van der Waals surface area contributed by atoms with Gasteiger partial charge in [0.15, 0.2) is 0 Å². The normalized spacial score (nSPS) is 14.0. The van der Waals surface area contributed by atoms with Crippen LogP contribution in [-0.4, -0.2) is 33.1 Å². The molecule has 0 bridgehead atoms. The number of aromatic nitrogens is 2. The molecule has 23 heavy (non-hydrogen) atoms. The maximum Gasteiger partial charge on any atom is 0.319 e. The summed E-state index contributed by atoms with van der Waals surface area (Å²) in [7, 11) is 0. The minimum atomic E-state index is -0.606. The fraction of sp³-hybridized carbons (Fsp3) is 0.529. The second-order valence-corrected chi connectivity index (χ2v) is 6.52. The first-order valence-electron chi connectivity index (χ1n) is 8.06. The first-order valence-corrected chi connectivity index (χ1v) is 8.06. The highest BCUT2D eigenvalue weighted by atomic mass is 16.3. The number of urea groups is 1. The first kappa shape index (κ1) is 17.3. The minimum absolute atomic E-state index is 0.0888. The highest BCUT2D eigenvalue weighted by Gasteiger charge is 2.24. The number of benzene rings is 1. The highest BCUT2D eigenvalue weighted by Crippen LogP contribution is 2.20. The summed E-state index contributed by atoms with van der Waals surface area (Å²) in [5, 5.41) is 20.6. The van der Waals surface area contributed by atoms with Gasteiger partial charge in [-0.15, -0.1) is 0 Å². The van der Waals surface area contributed by atoms with Crippen LogP contribution >= 0.6 is 0 Å². The molecule has 0 saturated heterocycles. The van der Waals surface area contributed by atoms with Crippen molar-refractivity contribution >= 4 is 22.6 Å². The number of amides is 2. The molecule has 2 aromatic rings. The molecule has 0 fully saturated rings. The molecule has 0 aliphatic rings. The van der Waals surface area contributed by atoms with E-state index >= 15 is 0 Å². The van der Waals surface area contributed by atoms with Crippen LogP contribution in [0.4, 0.5) is 10.5 Å². The number of fused-ring (bicyclic) bond motifs is 1. The van der Waals surface area contributed by atoms with Crippen molar-refractivity contribution in [2.75, 3.05) is 11.9 Å². The van der Waals surface area contributed by atoms with Crippen LogP contribution in [0.3, 0.4) is 0 Å². The predicted octanol–water partition coefficient (Wildman–Crippen LogP) is 3.29. The Kier molecular flexibility index (Phi) is 5.26. The van der Waals surface area contributed by atoms with Crippen LogP contribution in [0.25, 0.3) is 10.9 Å². The zero-order valence-electron chi connectivity index (χ0n) is 14.3. The molecule has 2 rings (SSSR count). The van der Waals surface area contributed by atoms with E-state index in [1.807, 2.05) is 42.9 Å². The smallest absolute Gasteiger partial charge is 0.319 e. The lowest BCUT2D eigenvalue weighted by molar-refractivity contribution is 0.167. The van der Waals surface area contributed by atoms with Gasteiger partial charge >= 0.3 is 6.03 Å². The van der Waals surface area contributed by atoms with Crippen LogP contribution in [-0.2, 0) is 0 Å². The number of anilines is 1. The van der Waals surface area contributed by atoms with E-state index < -0.39 is 5.54 Å². The number of aliphatic hydroxyl groups is 1. The lowest BCUT2D eigenvalue weighted by atomic mass is 9.98. The molecule has 0 spiro atoms. The van der Waals surface area contributed by atoms with Crippen LogP contribution < -0.4 is 10.6 Å². The number of nitrogens with zero attached hydrogens (tertiary/aromatic N) is 2. The van der Waals surface area contributed by atoms with Crippen LogP contribution in [0.2, 0.25) is 0 Å². The van der Waals surface area contributed by atoms with E-state index in [4.69, 9.17) is 0 Å². The summed E-state index contributed by atoms with van der Waals surface area (Å²) in [6.45, 7) is 7.91. The summed E-state index contributed by atoms with van der Waals surface area (Å²) in [4.78, 5) is 12.2. The van der Waals surface area contributed by atoms with Crippen molar-refractivity contribution in [3.05, 3.63) is 24.4 Å². The molecule has 2 amide bonds. The van der Waals surface area contributed by atoms with Crippen molar-refractivity contribution in [1.29, 1.82) is 0 Å². The molecule has 0 aliphatic carbocycles. The first-order chi connectivity index (χ1) is 10.9. The van der Waals surface area contributed by atoms with E-state index in [-0.39, 0.29) is 12.6 Å². The van der Waals surface area contributed by atoms with Crippen molar-refractivity contribution < 1.29 is 9.90 Å². The molecule has 6 heteroatoms. The van der Waals surface area contributed by atoms with Crippen molar-refractivity contribution in [2.45, 2.75) is 52.1 Å². The Bertz CT molecular complexity index is 680. The Morgan fingerprint density at radius 1 is 1.43 bits per heavy atom. The van der Waals surface area contributed by atoms with Gasteiger partial charge in [-0.25, -0.2) is 4.79 Å². The van der Waals surface area contributed by atoms with E-state index in [1.54, 1.807) is 0 Å². The number of carbonyl (C=O) groups excluding carboxylic acids is 1. The SMILES string of the molecule is CCCC(C)(CO)NC(=O)Nc1ccc2nn(C(C)C)cc2c1. The Hall–Kier alpha value is -2.08. The predicted molar refractivity (Wildman–Crippen MR) is 92.7 cm³/mol. The maximum atomic E-state index is 12.2. The average molecular weight is 318 g/mol. The largest absolute Gasteiger partial charge is 0.394 e. The molecule has 1 unspecified atom stereocenters. The average Bonchev–Trinajstić information content (AvgIpc) is 2.90. The van der Waals surface area contributed by atoms with E-state index in [2.05, 4.69) is 29.6 Å². The number of hydrogen-bond acceptors (Lipinski definition) is 3. The van der Waals surface area contributed by atoms with Gasteiger partial charge in [-0.1, -0.05) is 13.3 Å². The highest BCUT2D eigenvalue weighted by molar-refractivity contribution is 5.92. The Labute approximate surface area is 136 Å². The molecular weight excluding hydrogens is 292 g/mol. The Morgan fingerprint density at radius 2 is 2.17 bits per heavy atom. The molecule has 1 aromatic heterocycles. The number of nitrogens with one attached hydrogen (secondary N) is 2. The lowest BCUT2D eigenvalue weighted by Crippen LogP contribution is -2.50. The Morgan fingerprint density at radius 3 is 2.78 bits per heavy atom. The molecule has 3 N–H and O–H groups in total. The third kappa shape index (κ3) is 4.22. The second kappa shape index (κ2) is 7.00. The fourth-order valence-corrected chi connectivity index (χ4v) is 2.56. The van der Waals surface area contributed by atoms with Gasteiger partial charge in [-0.3, -0.25) is 4.68 Å². The Balaban J connectivity index is 2.10. The minimum Gasteiger partial charge on any atom is -0.394 e. The van der Waals surface area contributed by atoms with Gasteiger partial charge in [0.2, 0.25) is 0 Å². The summed E-state index contributed by atoms with van der Waals surface area (Å²) in [5.74, 6) is 0. The molecule has 0 radical (unpaired) electrons. The molecule has 1 heterocycles. The number of aliphatic hydroxyl groups excluding tert-OH is 1. The van der Waals surface area contributed by atoms with Gasteiger partial charge in [0.25, 0.3) is 0 Å². The van der Waals surface area contributed by atoms with Crippen molar-refractivity contribution in [1.82, 2.24) is 15.1 Å². The van der Waals surface area contributed by atoms with E-state index in [0.29, 0.717) is 11.7 Å².